The highest BCUT2D eigenvalue weighted by atomic mass is 127. The highest BCUT2D eigenvalue weighted by Gasteiger charge is 2.15. The van der Waals surface area contributed by atoms with E-state index in [9.17, 15) is 0 Å². The van der Waals surface area contributed by atoms with Crippen molar-refractivity contribution < 1.29 is 0 Å². The van der Waals surface area contributed by atoms with Gasteiger partial charge in [0.25, 0.3) is 0 Å². The number of hydrogen-bond donors (Lipinski definition) is 2. The Morgan fingerprint density at radius 3 is 2.52 bits per heavy atom. The predicted octanol–water partition coefficient (Wildman–Crippen LogP) is 3.08. The van der Waals surface area contributed by atoms with Gasteiger partial charge in [0.1, 0.15) is 0 Å². The van der Waals surface area contributed by atoms with Crippen molar-refractivity contribution in [3.63, 3.8) is 0 Å². The van der Waals surface area contributed by atoms with Gasteiger partial charge in [-0.2, -0.15) is 0 Å². The van der Waals surface area contributed by atoms with Gasteiger partial charge >= 0.3 is 0 Å². The van der Waals surface area contributed by atoms with Crippen molar-refractivity contribution in [3.8, 4) is 0 Å². The number of unbranched alkanes of at least 4 members (excludes halogenated alkanes) is 2. The zero-order chi connectivity index (χ0) is 14.6. The van der Waals surface area contributed by atoms with Gasteiger partial charge in [-0.15, -0.1) is 24.0 Å². The van der Waals surface area contributed by atoms with Crippen molar-refractivity contribution in [2.24, 2.45) is 10.9 Å². The summed E-state index contributed by atoms with van der Waals surface area (Å²) < 4.78 is 0. The van der Waals surface area contributed by atoms with E-state index < -0.39 is 0 Å². The number of aliphatic imine (C=N–C) groups is 1. The molecule has 0 radical (unpaired) electrons. The number of piperidine rings is 1. The van der Waals surface area contributed by atoms with Crippen molar-refractivity contribution in [1.82, 2.24) is 15.5 Å². The number of hydrogen-bond acceptors (Lipinski definition) is 2. The van der Waals surface area contributed by atoms with Gasteiger partial charge < -0.3 is 15.5 Å². The molecule has 126 valence electrons. The molecule has 1 unspecified atom stereocenters. The third kappa shape index (κ3) is 10.3. The molecular weight excluding hydrogens is 375 g/mol. The minimum atomic E-state index is 0. The van der Waals surface area contributed by atoms with E-state index in [4.69, 9.17) is 0 Å². The van der Waals surface area contributed by atoms with Crippen LogP contribution in [0.15, 0.2) is 4.99 Å². The number of nitrogens with zero attached hydrogens (tertiary/aromatic N) is 2. The molecule has 0 aliphatic carbocycles. The Morgan fingerprint density at radius 1 is 1.19 bits per heavy atom. The lowest BCUT2D eigenvalue weighted by Crippen LogP contribution is -2.40. The molecule has 21 heavy (non-hydrogen) atoms. The van der Waals surface area contributed by atoms with E-state index in [0.717, 1.165) is 25.0 Å². The van der Waals surface area contributed by atoms with Crippen molar-refractivity contribution in [1.29, 1.82) is 0 Å². The molecule has 1 aliphatic heterocycles. The van der Waals surface area contributed by atoms with Crippen LogP contribution in [0.25, 0.3) is 0 Å². The third-order valence-corrected chi connectivity index (χ3v) is 3.98. The minimum absolute atomic E-state index is 0. The van der Waals surface area contributed by atoms with Gasteiger partial charge in [-0.3, -0.25) is 4.99 Å². The number of rotatable bonds is 8. The molecule has 4 nitrogen and oxygen atoms in total. The maximum atomic E-state index is 4.26. The van der Waals surface area contributed by atoms with E-state index in [1.165, 1.54) is 58.2 Å². The molecule has 0 aromatic heterocycles. The van der Waals surface area contributed by atoms with E-state index >= 15 is 0 Å². The van der Waals surface area contributed by atoms with Gasteiger partial charge in [-0.05, 0) is 44.7 Å². The first kappa shape index (κ1) is 21.0. The summed E-state index contributed by atoms with van der Waals surface area (Å²) in [7, 11) is 1.85. The van der Waals surface area contributed by atoms with Gasteiger partial charge in [-0.1, -0.05) is 26.7 Å². The first-order valence-electron chi connectivity index (χ1n) is 8.43. The number of likely N-dealkylation sites (tertiary alicyclic amines) is 1. The summed E-state index contributed by atoms with van der Waals surface area (Å²) in [5.41, 5.74) is 0. The maximum Gasteiger partial charge on any atom is 0.190 e. The Morgan fingerprint density at radius 2 is 1.90 bits per heavy atom. The van der Waals surface area contributed by atoms with E-state index in [-0.39, 0.29) is 24.0 Å². The van der Waals surface area contributed by atoms with E-state index in [1.807, 2.05) is 7.05 Å². The van der Waals surface area contributed by atoms with Gasteiger partial charge in [0.15, 0.2) is 5.96 Å². The van der Waals surface area contributed by atoms with Crippen molar-refractivity contribution in [3.05, 3.63) is 0 Å². The van der Waals surface area contributed by atoms with Crippen molar-refractivity contribution in [2.45, 2.75) is 52.4 Å². The predicted molar refractivity (Wildman–Crippen MR) is 104 cm³/mol. The number of halogens is 1. The molecule has 2 N–H and O–H groups in total. The first-order chi connectivity index (χ1) is 9.76. The fourth-order valence-electron chi connectivity index (χ4n) is 2.80. The Balaban J connectivity index is 0.00000400. The fraction of sp³-hybridized carbons (Fsp3) is 0.938. The average molecular weight is 410 g/mol. The molecular formula is C16H35IN4. The van der Waals surface area contributed by atoms with Crippen molar-refractivity contribution in [2.75, 3.05) is 39.8 Å². The summed E-state index contributed by atoms with van der Waals surface area (Å²) in [5, 5.41) is 6.78. The van der Waals surface area contributed by atoms with E-state index in [1.54, 1.807) is 0 Å². The van der Waals surface area contributed by atoms with Crippen molar-refractivity contribution >= 4 is 29.9 Å². The number of nitrogens with one attached hydrogen (secondary N) is 2. The summed E-state index contributed by atoms with van der Waals surface area (Å²) in [6.07, 6.45) is 7.75. The summed E-state index contributed by atoms with van der Waals surface area (Å²) in [5.74, 6) is 1.83. The largest absolute Gasteiger partial charge is 0.356 e. The molecule has 0 bridgehead atoms. The standard InChI is InChI=1S/C16H34N4.HI/c1-4-5-6-10-18-16(17-3)19-11-8-13-20-12-7-9-15(2)14-20;/h15H,4-14H2,1-3H3,(H2,17,18,19);1H. The Hall–Kier alpha value is -0.0400. The molecule has 5 heteroatoms. The van der Waals surface area contributed by atoms with Crippen LogP contribution in [0.5, 0.6) is 0 Å². The SMILES string of the molecule is CCCCCNC(=NC)NCCCN1CCCC(C)C1.I. The van der Waals surface area contributed by atoms with E-state index in [0.29, 0.717) is 0 Å². The van der Waals surface area contributed by atoms with Crippen LogP contribution in [-0.2, 0) is 0 Å². The molecule has 0 saturated carbocycles. The topological polar surface area (TPSA) is 39.7 Å². The molecule has 1 fully saturated rings. The van der Waals surface area contributed by atoms with Gasteiger partial charge in [0.2, 0.25) is 0 Å². The fourth-order valence-corrected chi connectivity index (χ4v) is 2.80. The van der Waals surface area contributed by atoms with Crippen LogP contribution in [0.2, 0.25) is 0 Å². The monoisotopic (exact) mass is 410 g/mol. The van der Waals surface area contributed by atoms with Gasteiger partial charge in [0.05, 0.1) is 0 Å². The molecule has 0 amide bonds. The Bertz CT molecular complexity index is 271. The zero-order valence-corrected chi connectivity index (χ0v) is 16.5. The average Bonchev–Trinajstić information content (AvgIpc) is 2.46. The molecule has 0 aromatic carbocycles. The molecule has 1 aliphatic rings. The minimum Gasteiger partial charge on any atom is -0.356 e. The van der Waals surface area contributed by atoms with Crippen LogP contribution in [0.3, 0.4) is 0 Å². The summed E-state index contributed by atoms with van der Waals surface area (Å²) in [6.45, 7) is 10.4. The molecule has 1 heterocycles. The normalized spacial score (nSPS) is 20.0. The second-order valence-electron chi connectivity index (χ2n) is 6.03. The van der Waals surface area contributed by atoms with Crippen LogP contribution in [0.4, 0.5) is 0 Å². The summed E-state index contributed by atoms with van der Waals surface area (Å²) >= 11 is 0. The van der Waals surface area contributed by atoms with Crippen LogP contribution >= 0.6 is 24.0 Å². The zero-order valence-electron chi connectivity index (χ0n) is 14.2. The third-order valence-electron chi connectivity index (χ3n) is 3.98. The van der Waals surface area contributed by atoms with Crippen LogP contribution in [-0.4, -0.2) is 50.6 Å². The second kappa shape index (κ2) is 13.6. The lowest BCUT2D eigenvalue weighted by atomic mass is 10.0. The quantitative estimate of drug-likeness (QED) is 0.280. The Labute approximate surface area is 148 Å². The maximum absolute atomic E-state index is 4.26. The molecule has 1 atom stereocenters. The van der Waals surface area contributed by atoms with Crippen LogP contribution in [0.1, 0.15) is 52.4 Å². The molecule has 1 rings (SSSR count). The van der Waals surface area contributed by atoms with Gasteiger partial charge in [0, 0.05) is 26.7 Å². The van der Waals surface area contributed by atoms with Gasteiger partial charge in [-0.25, -0.2) is 0 Å². The highest BCUT2D eigenvalue weighted by molar-refractivity contribution is 14.0. The molecule has 0 aromatic rings. The lowest BCUT2D eigenvalue weighted by Gasteiger charge is -2.30. The second-order valence-corrected chi connectivity index (χ2v) is 6.03. The first-order valence-corrected chi connectivity index (χ1v) is 8.43. The molecule has 1 saturated heterocycles. The number of guanidine groups is 1. The molecule has 0 spiro atoms. The summed E-state index contributed by atoms with van der Waals surface area (Å²) in [6, 6.07) is 0. The summed E-state index contributed by atoms with van der Waals surface area (Å²) in [4.78, 5) is 6.87. The smallest absolute Gasteiger partial charge is 0.190 e. The van der Waals surface area contributed by atoms with Crippen LogP contribution in [0, 0.1) is 5.92 Å². The highest BCUT2D eigenvalue weighted by Crippen LogP contribution is 2.15. The lowest BCUT2D eigenvalue weighted by molar-refractivity contribution is 0.182. The van der Waals surface area contributed by atoms with E-state index in [2.05, 4.69) is 34.4 Å². The van der Waals surface area contributed by atoms with Crippen LogP contribution < -0.4 is 10.6 Å². The Kier molecular flexibility index (Phi) is 13.6.